The summed E-state index contributed by atoms with van der Waals surface area (Å²) in [7, 11) is 0. The number of nitrogens with zero attached hydrogens (tertiary/aromatic N) is 1. The van der Waals surface area contributed by atoms with Gasteiger partial charge in [0, 0.05) is 17.8 Å². The van der Waals surface area contributed by atoms with Crippen molar-refractivity contribution in [3.8, 4) is 17.7 Å². The molecule has 0 N–H and O–H groups in total. The number of aldehydes is 1. The Morgan fingerprint density at radius 2 is 2.43 bits per heavy atom. The van der Waals surface area contributed by atoms with Crippen molar-refractivity contribution in [3.05, 3.63) is 23.9 Å². The van der Waals surface area contributed by atoms with Crippen LogP contribution in [0.15, 0.2) is 18.3 Å². The van der Waals surface area contributed by atoms with Crippen molar-refractivity contribution < 1.29 is 9.53 Å². The second kappa shape index (κ2) is 5.76. The Bertz CT molecular complexity index is 346. The molecule has 3 nitrogen and oxygen atoms in total. The second-order valence-electron chi connectivity index (χ2n) is 2.49. The van der Waals surface area contributed by atoms with Crippen molar-refractivity contribution in [2.45, 2.75) is 13.3 Å². The first-order chi connectivity index (χ1) is 6.86. The molecule has 0 aliphatic heterocycles. The largest absolute Gasteiger partial charge is 0.478 e. The number of ether oxygens (including phenoxy) is 1. The smallest absolute Gasteiger partial charge is 0.213 e. The van der Waals surface area contributed by atoms with Gasteiger partial charge in [0.1, 0.15) is 6.29 Å². The molecule has 0 aliphatic carbocycles. The van der Waals surface area contributed by atoms with Crippen molar-refractivity contribution in [1.29, 1.82) is 0 Å². The van der Waals surface area contributed by atoms with Gasteiger partial charge in [-0.05, 0) is 13.0 Å². The molecule has 0 aliphatic rings. The Morgan fingerprint density at radius 3 is 3.00 bits per heavy atom. The Kier molecular flexibility index (Phi) is 4.22. The van der Waals surface area contributed by atoms with Crippen molar-refractivity contribution in [2.75, 3.05) is 6.61 Å². The van der Waals surface area contributed by atoms with Gasteiger partial charge in [0.2, 0.25) is 5.88 Å². The predicted molar refractivity (Wildman–Crippen MR) is 53.0 cm³/mol. The standard InChI is InChI=1S/C11H11NO2/c1-2-14-11-7-6-10(9-12-11)5-3-4-8-13/h6-9H,2,4H2,1H3. The van der Waals surface area contributed by atoms with Gasteiger partial charge in [0.05, 0.1) is 13.0 Å². The zero-order valence-electron chi connectivity index (χ0n) is 7.99. The molecule has 0 unspecified atom stereocenters. The summed E-state index contributed by atoms with van der Waals surface area (Å²) in [6, 6.07) is 3.57. The van der Waals surface area contributed by atoms with Crippen LogP contribution in [0.3, 0.4) is 0 Å². The van der Waals surface area contributed by atoms with Crippen LogP contribution in [0.2, 0.25) is 0 Å². The maximum absolute atomic E-state index is 10.00. The van der Waals surface area contributed by atoms with Crippen molar-refractivity contribution in [3.63, 3.8) is 0 Å². The van der Waals surface area contributed by atoms with Crippen LogP contribution in [-0.4, -0.2) is 17.9 Å². The zero-order chi connectivity index (χ0) is 10.2. The average molecular weight is 189 g/mol. The summed E-state index contributed by atoms with van der Waals surface area (Å²) in [4.78, 5) is 14.0. The van der Waals surface area contributed by atoms with E-state index in [-0.39, 0.29) is 6.42 Å². The zero-order valence-corrected chi connectivity index (χ0v) is 7.99. The normalized spacial score (nSPS) is 8.64. The fraction of sp³-hybridized carbons (Fsp3) is 0.273. The van der Waals surface area contributed by atoms with Gasteiger partial charge in [-0.3, -0.25) is 0 Å². The summed E-state index contributed by atoms with van der Waals surface area (Å²) in [6.45, 7) is 2.50. The molecule has 3 heteroatoms. The summed E-state index contributed by atoms with van der Waals surface area (Å²) in [5.74, 6) is 6.11. The molecule has 1 rings (SSSR count). The Morgan fingerprint density at radius 1 is 1.57 bits per heavy atom. The van der Waals surface area contributed by atoms with Gasteiger partial charge >= 0.3 is 0 Å². The third-order valence-corrected chi connectivity index (χ3v) is 1.45. The molecule has 0 fully saturated rings. The van der Waals surface area contributed by atoms with E-state index >= 15 is 0 Å². The fourth-order valence-electron chi connectivity index (χ4n) is 0.882. The van der Waals surface area contributed by atoms with Gasteiger partial charge in [0.25, 0.3) is 0 Å². The summed E-state index contributed by atoms with van der Waals surface area (Å²) in [6.07, 6.45) is 2.66. The van der Waals surface area contributed by atoms with Gasteiger partial charge in [-0.2, -0.15) is 0 Å². The number of carbonyl (C=O) groups excluding carboxylic acids is 1. The quantitative estimate of drug-likeness (QED) is 0.533. The number of carbonyl (C=O) groups is 1. The molecule has 0 aromatic carbocycles. The third kappa shape index (κ3) is 3.28. The van der Waals surface area contributed by atoms with E-state index in [1.54, 1.807) is 12.3 Å². The monoisotopic (exact) mass is 189 g/mol. The Balaban J connectivity index is 2.64. The lowest BCUT2D eigenvalue weighted by Gasteiger charge is -1.99. The highest BCUT2D eigenvalue weighted by atomic mass is 16.5. The van der Waals surface area contributed by atoms with Gasteiger partial charge < -0.3 is 9.53 Å². The topological polar surface area (TPSA) is 39.2 Å². The summed E-state index contributed by atoms with van der Waals surface area (Å²) in [5, 5.41) is 0. The highest BCUT2D eigenvalue weighted by Gasteiger charge is 1.92. The van der Waals surface area contributed by atoms with E-state index < -0.39 is 0 Å². The van der Waals surface area contributed by atoms with E-state index in [9.17, 15) is 4.79 Å². The van der Waals surface area contributed by atoms with Crippen molar-refractivity contribution >= 4 is 6.29 Å². The fourth-order valence-corrected chi connectivity index (χ4v) is 0.882. The highest BCUT2D eigenvalue weighted by molar-refractivity contribution is 5.54. The van der Waals surface area contributed by atoms with Crippen LogP contribution in [-0.2, 0) is 4.79 Å². The first kappa shape index (κ1) is 10.3. The number of hydrogen-bond donors (Lipinski definition) is 0. The van der Waals surface area contributed by atoms with Crippen molar-refractivity contribution in [2.24, 2.45) is 0 Å². The van der Waals surface area contributed by atoms with Gasteiger partial charge in [-0.15, -0.1) is 0 Å². The van der Waals surface area contributed by atoms with Gasteiger partial charge in [-0.25, -0.2) is 4.98 Å². The molecule has 0 saturated heterocycles. The molecular weight excluding hydrogens is 178 g/mol. The van der Waals surface area contributed by atoms with Crippen LogP contribution in [0, 0.1) is 11.8 Å². The number of aromatic nitrogens is 1. The second-order valence-corrected chi connectivity index (χ2v) is 2.49. The molecule has 1 aromatic rings. The molecule has 1 heterocycles. The lowest BCUT2D eigenvalue weighted by Crippen LogP contribution is -1.93. The number of hydrogen-bond acceptors (Lipinski definition) is 3. The lowest BCUT2D eigenvalue weighted by atomic mass is 10.3. The first-order valence-corrected chi connectivity index (χ1v) is 4.38. The summed E-state index contributed by atoms with van der Waals surface area (Å²) in [5.41, 5.74) is 0.787. The molecular formula is C11H11NO2. The molecule has 0 bridgehead atoms. The van der Waals surface area contributed by atoms with Gasteiger partial charge in [0.15, 0.2) is 0 Å². The van der Waals surface area contributed by atoms with Crippen LogP contribution >= 0.6 is 0 Å². The van der Waals surface area contributed by atoms with E-state index in [2.05, 4.69) is 16.8 Å². The maximum atomic E-state index is 10.00. The van der Waals surface area contributed by atoms with Crippen LogP contribution in [0.25, 0.3) is 0 Å². The molecule has 0 atom stereocenters. The minimum atomic E-state index is 0.257. The Labute approximate surface area is 83.1 Å². The van der Waals surface area contributed by atoms with E-state index in [4.69, 9.17) is 4.74 Å². The molecule has 72 valence electrons. The third-order valence-electron chi connectivity index (χ3n) is 1.45. The van der Waals surface area contributed by atoms with Crippen LogP contribution in [0.4, 0.5) is 0 Å². The van der Waals surface area contributed by atoms with Gasteiger partial charge in [-0.1, -0.05) is 11.8 Å². The minimum absolute atomic E-state index is 0.257. The number of pyridine rings is 1. The predicted octanol–water partition coefficient (Wildman–Crippen LogP) is 1.42. The maximum Gasteiger partial charge on any atom is 0.213 e. The Hall–Kier alpha value is -1.82. The van der Waals surface area contributed by atoms with E-state index in [0.29, 0.717) is 12.5 Å². The molecule has 0 radical (unpaired) electrons. The van der Waals surface area contributed by atoms with Crippen LogP contribution in [0.1, 0.15) is 18.9 Å². The lowest BCUT2D eigenvalue weighted by molar-refractivity contribution is -0.107. The molecule has 0 saturated carbocycles. The SMILES string of the molecule is CCOc1ccc(C#CCC=O)cn1. The highest BCUT2D eigenvalue weighted by Crippen LogP contribution is 2.06. The molecule has 14 heavy (non-hydrogen) atoms. The van der Waals surface area contributed by atoms with E-state index in [1.165, 1.54) is 0 Å². The number of rotatable bonds is 3. The van der Waals surface area contributed by atoms with Crippen LogP contribution in [0.5, 0.6) is 5.88 Å². The first-order valence-electron chi connectivity index (χ1n) is 4.38. The van der Waals surface area contributed by atoms with Crippen molar-refractivity contribution in [1.82, 2.24) is 4.98 Å². The average Bonchev–Trinajstić information content (AvgIpc) is 2.21. The summed E-state index contributed by atoms with van der Waals surface area (Å²) < 4.78 is 5.17. The summed E-state index contributed by atoms with van der Waals surface area (Å²) >= 11 is 0. The molecule has 0 amide bonds. The molecule has 1 aromatic heterocycles. The van der Waals surface area contributed by atoms with E-state index in [1.807, 2.05) is 13.0 Å². The molecule has 0 spiro atoms. The van der Waals surface area contributed by atoms with Crippen LogP contribution < -0.4 is 4.74 Å². The minimum Gasteiger partial charge on any atom is -0.478 e. The van der Waals surface area contributed by atoms with E-state index in [0.717, 1.165) is 11.8 Å².